The number of fused-ring (bicyclic) bond motifs is 1. The minimum absolute atomic E-state index is 0.0456. The fourth-order valence-corrected chi connectivity index (χ4v) is 2.53. The standard InChI is InChI=1S/C13H20N6O2/c14-4-1-5-15-12-11-13(17-7-16-12)19(8-18-11)10-3-2-9(6-20)21-10/h7-10,20H,1-6,14H2,(H,15,16,17). The van der Waals surface area contributed by atoms with E-state index in [2.05, 4.69) is 20.3 Å². The van der Waals surface area contributed by atoms with Crippen LogP contribution < -0.4 is 11.1 Å². The first-order valence-electron chi connectivity index (χ1n) is 7.21. The van der Waals surface area contributed by atoms with Gasteiger partial charge in [-0.2, -0.15) is 0 Å². The molecule has 21 heavy (non-hydrogen) atoms. The number of hydrogen-bond acceptors (Lipinski definition) is 7. The van der Waals surface area contributed by atoms with E-state index in [1.54, 1.807) is 6.33 Å². The quantitative estimate of drug-likeness (QED) is 0.655. The molecular formula is C13H20N6O2. The second-order valence-electron chi connectivity index (χ2n) is 5.09. The van der Waals surface area contributed by atoms with Crippen LogP contribution in [0.25, 0.3) is 11.2 Å². The highest BCUT2D eigenvalue weighted by Gasteiger charge is 2.27. The Morgan fingerprint density at radius 1 is 1.38 bits per heavy atom. The number of hydrogen-bond donors (Lipinski definition) is 3. The molecule has 8 nitrogen and oxygen atoms in total. The Kier molecular flexibility index (Phi) is 4.28. The molecule has 2 aromatic rings. The summed E-state index contributed by atoms with van der Waals surface area (Å²) in [7, 11) is 0. The minimum atomic E-state index is -0.126. The fourth-order valence-electron chi connectivity index (χ4n) is 2.53. The van der Waals surface area contributed by atoms with Crippen molar-refractivity contribution in [2.75, 3.05) is 25.0 Å². The largest absolute Gasteiger partial charge is 0.394 e. The number of nitrogens with two attached hydrogens (primary N) is 1. The highest BCUT2D eigenvalue weighted by molar-refractivity contribution is 5.82. The third kappa shape index (κ3) is 2.82. The van der Waals surface area contributed by atoms with Crippen molar-refractivity contribution in [2.24, 2.45) is 5.73 Å². The van der Waals surface area contributed by atoms with Crippen LogP contribution in [-0.2, 0) is 4.74 Å². The van der Waals surface area contributed by atoms with Crippen molar-refractivity contribution in [3.8, 4) is 0 Å². The van der Waals surface area contributed by atoms with Crippen LogP contribution in [0.1, 0.15) is 25.5 Å². The highest BCUT2D eigenvalue weighted by Crippen LogP contribution is 2.30. The molecule has 0 amide bonds. The maximum absolute atomic E-state index is 9.16. The summed E-state index contributed by atoms with van der Waals surface area (Å²) in [5.74, 6) is 0.712. The van der Waals surface area contributed by atoms with E-state index in [1.807, 2.05) is 4.57 Å². The Morgan fingerprint density at radius 2 is 2.29 bits per heavy atom. The molecule has 2 unspecified atom stereocenters. The summed E-state index contributed by atoms with van der Waals surface area (Å²) >= 11 is 0. The Bertz CT molecular complexity index is 601. The number of nitrogens with zero attached hydrogens (tertiary/aromatic N) is 4. The van der Waals surface area contributed by atoms with Crippen LogP contribution in [0.5, 0.6) is 0 Å². The van der Waals surface area contributed by atoms with E-state index in [0.29, 0.717) is 12.4 Å². The molecule has 1 aliphatic heterocycles. The number of imidazole rings is 1. The van der Waals surface area contributed by atoms with Crippen LogP contribution in [0.4, 0.5) is 5.82 Å². The van der Waals surface area contributed by atoms with E-state index < -0.39 is 0 Å². The van der Waals surface area contributed by atoms with Crippen molar-refractivity contribution in [3.05, 3.63) is 12.7 Å². The normalized spacial score (nSPS) is 22.0. The molecule has 1 aliphatic rings. The van der Waals surface area contributed by atoms with Gasteiger partial charge in [0, 0.05) is 6.54 Å². The van der Waals surface area contributed by atoms with Crippen LogP contribution in [0.3, 0.4) is 0 Å². The minimum Gasteiger partial charge on any atom is -0.394 e. The average Bonchev–Trinajstić information content (AvgIpc) is 3.14. The molecule has 0 aliphatic carbocycles. The summed E-state index contributed by atoms with van der Waals surface area (Å²) in [5, 5.41) is 12.4. The molecule has 2 aromatic heterocycles. The molecule has 4 N–H and O–H groups in total. The Balaban J connectivity index is 1.83. The first-order chi connectivity index (χ1) is 10.3. The molecule has 0 radical (unpaired) electrons. The summed E-state index contributed by atoms with van der Waals surface area (Å²) in [6.45, 7) is 1.43. The monoisotopic (exact) mass is 292 g/mol. The highest BCUT2D eigenvalue weighted by atomic mass is 16.5. The van der Waals surface area contributed by atoms with Gasteiger partial charge in [0.15, 0.2) is 17.0 Å². The number of nitrogens with one attached hydrogen (secondary N) is 1. The maximum atomic E-state index is 9.16. The SMILES string of the molecule is NCCCNc1ncnc2c1ncn2C1CCC(CO)O1. The van der Waals surface area contributed by atoms with Gasteiger partial charge >= 0.3 is 0 Å². The van der Waals surface area contributed by atoms with Crippen LogP contribution in [-0.4, -0.2) is 50.4 Å². The molecule has 3 rings (SSSR count). The summed E-state index contributed by atoms with van der Waals surface area (Å²) in [4.78, 5) is 12.9. The van der Waals surface area contributed by atoms with Gasteiger partial charge in [-0.15, -0.1) is 0 Å². The number of aromatic nitrogens is 4. The van der Waals surface area contributed by atoms with Gasteiger partial charge in [-0.1, -0.05) is 0 Å². The number of ether oxygens (including phenoxy) is 1. The number of aliphatic hydroxyl groups excluding tert-OH is 1. The molecule has 114 valence electrons. The van der Waals surface area contributed by atoms with E-state index in [0.717, 1.165) is 37.0 Å². The second-order valence-corrected chi connectivity index (χ2v) is 5.09. The van der Waals surface area contributed by atoms with Gasteiger partial charge in [0.05, 0.1) is 19.0 Å². The Labute approximate surface area is 122 Å². The van der Waals surface area contributed by atoms with Gasteiger partial charge in [0.1, 0.15) is 12.6 Å². The zero-order valence-corrected chi connectivity index (χ0v) is 11.8. The van der Waals surface area contributed by atoms with Crippen molar-refractivity contribution in [2.45, 2.75) is 31.6 Å². The van der Waals surface area contributed by atoms with Gasteiger partial charge in [-0.3, -0.25) is 4.57 Å². The zero-order valence-electron chi connectivity index (χ0n) is 11.8. The van der Waals surface area contributed by atoms with Crippen LogP contribution in [0.2, 0.25) is 0 Å². The predicted molar refractivity (Wildman–Crippen MR) is 77.7 cm³/mol. The van der Waals surface area contributed by atoms with Gasteiger partial charge in [0.2, 0.25) is 0 Å². The molecule has 0 saturated carbocycles. The lowest BCUT2D eigenvalue weighted by molar-refractivity contribution is -0.0207. The van der Waals surface area contributed by atoms with E-state index in [9.17, 15) is 0 Å². The molecular weight excluding hydrogens is 272 g/mol. The summed E-state index contributed by atoms with van der Waals surface area (Å²) in [5.41, 5.74) is 6.96. The van der Waals surface area contributed by atoms with E-state index in [-0.39, 0.29) is 18.9 Å². The lowest BCUT2D eigenvalue weighted by Crippen LogP contribution is -2.14. The summed E-state index contributed by atoms with van der Waals surface area (Å²) in [6.07, 6.45) is 5.57. The smallest absolute Gasteiger partial charge is 0.167 e. The molecule has 3 heterocycles. The lowest BCUT2D eigenvalue weighted by atomic mass is 10.2. The first kappa shape index (κ1) is 14.2. The molecule has 8 heteroatoms. The van der Waals surface area contributed by atoms with Gasteiger partial charge in [-0.05, 0) is 25.8 Å². The van der Waals surface area contributed by atoms with E-state index in [1.165, 1.54) is 6.33 Å². The van der Waals surface area contributed by atoms with Crippen molar-refractivity contribution in [1.29, 1.82) is 0 Å². The van der Waals surface area contributed by atoms with Gasteiger partial charge in [0.25, 0.3) is 0 Å². The van der Waals surface area contributed by atoms with Crippen LogP contribution in [0.15, 0.2) is 12.7 Å². The van der Waals surface area contributed by atoms with Crippen LogP contribution >= 0.6 is 0 Å². The number of rotatable bonds is 6. The molecule has 1 saturated heterocycles. The van der Waals surface area contributed by atoms with Crippen LogP contribution in [0, 0.1) is 0 Å². The van der Waals surface area contributed by atoms with Crippen molar-refractivity contribution < 1.29 is 9.84 Å². The van der Waals surface area contributed by atoms with Gasteiger partial charge in [-0.25, -0.2) is 15.0 Å². The van der Waals surface area contributed by atoms with Gasteiger partial charge < -0.3 is 20.9 Å². The second kappa shape index (κ2) is 6.33. The lowest BCUT2D eigenvalue weighted by Gasteiger charge is -2.14. The van der Waals surface area contributed by atoms with Crippen molar-refractivity contribution >= 4 is 17.0 Å². The molecule has 0 spiro atoms. The number of anilines is 1. The topological polar surface area (TPSA) is 111 Å². The molecule has 0 aromatic carbocycles. The third-order valence-corrected chi connectivity index (χ3v) is 3.63. The molecule has 0 bridgehead atoms. The average molecular weight is 292 g/mol. The summed E-state index contributed by atoms with van der Waals surface area (Å²) < 4.78 is 7.68. The van der Waals surface area contributed by atoms with Crippen molar-refractivity contribution in [3.63, 3.8) is 0 Å². The Hall–Kier alpha value is -1.77. The first-order valence-corrected chi connectivity index (χ1v) is 7.21. The van der Waals surface area contributed by atoms with Crippen molar-refractivity contribution in [1.82, 2.24) is 19.5 Å². The Morgan fingerprint density at radius 3 is 3.05 bits per heavy atom. The third-order valence-electron chi connectivity index (χ3n) is 3.63. The molecule has 2 atom stereocenters. The van der Waals surface area contributed by atoms with E-state index in [4.69, 9.17) is 15.6 Å². The summed E-state index contributed by atoms with van der Waals surface area (Å²) in [6, 6.07) is 0. The molecule has 1 fully saturated rings. The fraction of sp³-hybridized carbons (Fsp3) is 0.615. The number of aliphatic hydroxyl groups is 1. The van der Waals surface area contributed by atoms with E-state index >= 15 is 0 Å². The zero-order chi connectivity index (χ0) is 14.7. The predicted octanol–water partition coefficient (Wildman–Crippen LogP) is 0.257. The maximum Gasteiger partial charge on any atom is 0.167 e.